The molecule has 0 radical (unpaired) electrons. The van der Waals surface area contributed by atoms with Crippen LogP contribution in [0.2, 0.25) is 0 Å². The molecular weight excluding hydrogens is 136 g/mol. The summed E-state index contributed by atoms with van der Waals surface area (Å²) in [6.07, 6.45) is 0.818. The molecule has 62 valence electrons. The quantitative estimate of drug-likeness (QED) is 0.438. The smallest absolute Gasteiger partial charge is 0.207 e. The molecule has 0 fully saturated rings. The zero-order valence-corrected chi connectivity index (χ0v) is 7.77. The van der Waals surface area contributed by atoms with E-state index < -0.39 is 0 Å². The summed E-state index contributed by atoms with van der Waals surface area (Å²) in [4.78, 5) is 11.0. The second-order valence-electron chi connectivity index (χ2n) is 3.42. The van der Waals surface area contributed by atoms with Gasteiger partial charge in [-0.25, -0.2) is 0 Å². The van der Waals surface area contributed by atoms with Crippen molar-refractivity contribution in [1.29, 1.82) is 0 Å². The average molecular weight is 152 g/mol. The molecule has 0 aromatic heterocycles. The van der Waals surface area contributed by atoms with Crippen molar-refractivity contribution in [3.8, 4) is 11.8 Å². The van der Waals surface area contributed by atoms with E-state index in [1.807, 2.05) is 13.8 Å². The molecule has 0 heterocycles. The van der Waals surface area contributed by atoms with Gasteiger partial charge in [0.25, 0.3) is 0 Å². The van der Waals surface area contributed by atoms with Crippen LogP contribution in [0.15, 0.2) is 0 Å². The summed E-state index contributed by atoms with van der Waals surface area (Å²) in [6.45, 7) is 7.92. The molecule has 0 atom stereocenters. The summed E-state index contributed by atoms with van der Waals surface area (Å²) in [5.74, 6) is 6.15. The molecule has 1 nitrogen and oxygen atoms in total. The summed E-state index contributed by atoms with van der Waals surface area (Å²) in [5.41, 5.74) is 0. The fraction of sp³-hybridized carbons (Fsp3) is 0.700. The lowest BCUT2D eigenvalue weighted by Crippen LogP contribution is -2.02. The maximum Gasteiger partial charge on any atom is 0.207 e. The van der Waals surface area contributed by atoms with E-state index >= 15 is 0 Å². The summed E-state index contributed by atoms with van der Waals surface area (Å²) in [5, 5.41) is 0. The first-order valence-electron chi connectivity index (χ1n) is 4.06. The molecular formula is C10H16O. The molecule has 0 aliphatic rings. The van der Waals surface area contributed by atoms with Crippen molar-refractivity contribution in [2.24, 2.45) is 11.8 Å². The first kappa shape index (κ1) is 10.2. The Morgan fingerprint density at radius 3 is 2.18 bits per heavy atom. The Bertz CT molecular complexity index is 179. The number of hydrogen-bond donors (Lipinski definition) is 0. The lowest BCUT2D eigenvalue weighted by atomic mass is 10.1. The topological polar surface area (TPSA) is 17.1 Å². The van der Waals surface area contributed by atoms with E-state index in [1.54, 1.807) is 0 Å². The Labute approximate surface area is 69.2 Å². The standard InChI is InChI=1S/C10H16O/c1-8(2)6-5-7-10(11)9(3)4/h8-9H,6H2,1-4H3. The van der Waals surface area contributed by atoms with Crippen molar-refractivity contribution in [1.82, 2.24) is 0 Å². The Morgan fingerprint density at radius 2 is 1.82 bits per heavy atom. The van der Waals surface area contributed by atoms with Gasteiger partial charge in [0.15, 0.2) is 0 Å². The van der Waals surface area contributed by atoms with Crippen molar-refractivity contribution in [2.75, 3.05) is 0 Å². The van der Waals surface area contributed by atoms with E-state index in [-0.39, 0.29) is 11.7 Å². The largest absolute Gasteiger partial charge is 0.285 e. The highest BCUT2D eigenvalue weighted by molar-refractivity contribution is 5.96. The highest BCUT2D eigenvalue weighted by Crippen LogP contribution is 1.97. The Kier molecular flexibility index (Phi) is 4.61. The van der Waals surface area contributed by atoms with Gasteiger partial charge in [0.05, 0.1) is 0 Å². The van der Waals surface area contributed by atoms with Crippen molar-refractivity contribution >= 4 is 5.78 Å². The van der Waals surface area contributed by atoms with Crippen LogP contribution in [0.5, 0.6) is 0 Å². The molecule has 0 bridgehead atoms. The number of carbonyl (C=O) groups excluding carboxylic acids is 1. The van der Waals surface area contributed by atoms with E-state index in [0.29, 0.717) is 5.92 Å². The van der Waals surface area contributed by atoms with Crippen molar-refractivity contribution in [3.05, 3.63) is 0 Å². The minimum absolute atomic E-state index is 0.0469. The van der Waals surface area contributed by atoms with Gasteiger partial charge in [0.2, 0.25) is 5.78 Å². The third-order valence-electron chi connectivity index (χ3n) is 1.25. The van der Waals surface area contributed by atoms with Crippen LogP contribution in [0.1, 0.15) is 34.1 Å². The van der Waals surface area contributed by atoms with Gasteiger partial charge < -0.3 is 0 Å². The SMILES string of the molecule is CC(C)CC#CC(=O)C(C)C. The van der Waals surface area contributed by atoms with Crippen LogP contribution in [0.4, 0.5) is 0 Å². The van der Waals surface area contributed by atoms with Gasteiger partial charge in [-0.3, -0.25) is 4.79 Å². The average Bonchev–Trinajstić information content (AvgIpc) is 1.86. The first-order valence-corrected chi connectivity index (χ1v) is 4.06. The predicted molar refractivity (Wildman–Crippen MR) is 47.1 cm³/mol. The molecule has 0 N–H and O–H groups in total. The molecule has 0 spiro atoms. The van der Waals surface area contributed by atoms with Crippen LogP contribution in [0.25, 0.3) is 0 Å². The van der Waals surface area contributed by atoms with Gasteiger partial charge in [-0.1, -0.05) is 33.6 Å². The van der Waals surface area contributed by atoms with E-state index in [1.165, 1.54) is 0 Å². The van der Waals surface area contributed by atoms with E-state index in [4.69, 9.17) is 0 Å². The fourth-order valence-corrected chi connectivity index (χ4v) is 0.487. The normalized spacial score (nSPS) is 9.64. The number of rotatable bonds is 2. The van der Waals surface area contributed by atoms with Crippen LogP contribution in [0.3, 0.4) is 0 Å². The molecule has 0 rings (SSSR count). The highest BCUT2D eigenvalue weighted by Gasteiger charge is 2.00. The fourth-order valence-electron chi connectivity index (χ4n) is 0.487. The first-order chi connectivity index (χ1) is 5.04. The monoisotopic (exact) mass is 152 g/mol. The minimum atomic E-state index is 0.0469. The second-order valence-corrected chi connectivity index (χ2v) is 3.42. The van der Waals surface area contributed by atoms with Gasteiger partial charge in [0, 0.05) is 12.3 Å². The van der Waals surface area contributed by atoms with Gasteiger partial charge in [0.1, 0.15) is 0 Å². The third kappa shape index (κ3) is 5.66. The number of Topliss-reactive ketones (excluding diaryl/α,β-unsaturated/α-hetero) is 1. The van der Waals surface area contributed by atoms with Crippen LogP contribution in [0, 0.1) is 23.7 Å². The van der Waals surface area contributed by atoms with Crippen molar-refractivity contribution in [2.45, 2.75) is 34.1 Å². The number of hydrogen-bond acceptors (Lipinski definition) is 1. The maximum atomic E-state index is 11.0. The summed E-state index contributed by atoms with van der Waals surface area (Å²) >= 11 is 0. The lowest BCUT2D eigenvalue weighted by molar-refractivity contribution is -0.116. The Hall–Kier alpha value is -0.770. The maximum absolute atomic E-state index is 11.0. The molecule has 11 heavy (non-hydrogen) atoms. The van der Waals surface area contributed by atoms with E-state index in [2.05, 4.69) is 25.7 Å². The summed E-state index contributed by atoms with van der Waals surface area (Å²) in [6, 6.07) is 0. The van der Waals surface area contributed by atoms with Crippen molar-refractivity contribution < 1.29 is 4.79 Å². The Balaban J connectivity index is 3.79. The van der Waals surface area contributed by atoms with Crippen LogP contribution in [-0.4, -0.2) is 5.78 Å². The molecule has 0 aliphatic heterocycles. The van der Waals surface area contributed by atoms with Gasteiger partial charge in [-0.2, -0.15) is 0 Å². The summed E-state index contributed by atoms with van der Waals surface area (Å²) in [7, 11) is 0. The molecule has 0 amide bonds. The zero-order chi connectivity index (χ0) is 8.85. The molecule has 0 saturated heterocycles. The lowest BCUT2D eigenvalue weighted by Gasteiger charge is -1.94. The molecule has 0 unspecified atom stereocenters. The third-order valence-corrected chi connectivity index (χ3v) is 1.25. The Morgan fingerprint density at radius 1 is 1.27 bits per heavy atom. The number of carbonyl (C=O) groups is 1. The van der Waals surface area contributed by atoms with Gasteiger partial charge in [-0.05, 0) is 11.8 Å². The molecule has 0 aromatic rings. The molecule has 0 aliphatic carbocycles. The second kappa shape index (κ2) is 4.96. The summed E-state index contributed by atoms with van der Waals surface area (Å²) < 4.78 is 0. The van der Waals surface area contributed by atoms with E-state index in [9.17, 15) is 4.79 Å². The van der Waals surface area contributed by atoms with Crippen LogP contribution >= 0.6 is 0 Å². The number of ketones is 1. The van der Waals surface area contributed by atoms with E-state index in [0.717, 1.165) is 6.42 Å². The molecule has 1 heteroatoms. The van der Waals surface area contributed by atoms with Gasteiger partial charge in [-0.15, -0.1) is 0 Å². The van der Waals surface area contributed by atoms with Crippen LogP contribution < -0.4 is 0 Å². The van der Waals surface area contributed by atoms with Gasteiger partial charge >= 0.3 is 0 Å². The van der Waals surface area contributed by atoms with Crippen molar-refractivity contribution in [3.63, 3.8) is 0 Å². The zero-order valence-electron chi connectivity index (χ0n) is 7.77. The predicted octanol–water partition coefficient (Wildman–Crippen LogP) is 2.26. The minimum Gasteiger partial charge on any atom is -0.285 e. The molecule has 0 aromatic carbocycles. The van der Waals surface area contributed by atoms with Crippen LogP contribution in [-0.2, 0) is 4.79 Å². The molecule has 0 saturated carbocycles. The highest BCUT2D eigenvalue weighted by atomic mass is 16.1.